The minimum absolute atomic E-state index is 0.0690. The third-order valence-electron chi connectivity index (χ3n) is 6.29. The van der Waals surface area contributed by atoms with E-state index in [1.807, 2.05) is 13.0 Å². The van der Waals surface area contributed by atoms with Gasteiger partial charge in [0.1, 0.15) is 5.75 Å². The Morgan fingerprint density at radius 2 is 1.84 bits per heavy atom. The maximum Gasteiger partial charge on any atom is 0.253 e. The summed E-state index contributed by atoms with van der Waals surface area (Å²) < 4.78 is 6.34. The molecule has 170 valence electrons. The molecular formula is C25H30ClN3O3. The molecule has 0 spiro atoms. The Kier molecular flexibility index (Phi) is 7.01. The highest BCUT2D eigenvalue weighted by atomic mass is 35.5. The summed E-state index contributed by atoms with van der Waals surface area (Å²) in [5, 5.41) is 3.37. The Hall–Kier alpha value is -2.57. The van der Waals surface area contributed by atoms with Crippen molar-refractivity contribution in [3.8, 4) is 5.75 Å². The van der Waals surface area contributed by atoms with E-state index in [0.29, 0.717) is 28.3 Å². The van der Waals surface area contributed by atoms with Crippen LogP contribution in [0.25, 0.3) is 0 Å². The third-order valence-corrected chi connectivity index (χ3v) is 6.51. The molecule has 1 saturated carbocycles. The standard InChI is InChI=1S/C25H30ClN3O3/c1-15-11-16-5-3-2-4-6-20-21(24(30)28-14-22(16)25(31)29-15)12-17(26)13-23(20)32-19-9-7-18(27)8-10-19/h2,4,11-13,18-19H,3,5-10,14,27H2,1H3,(H,28,30)(H,29,31)/b4-2+/t18-,19-. The molecule has 1 amide bonds. The predicted molar refractivity (Wildman–Crippen MR) is 126 cm³/mol. The Balaban J connectivity index is 1.66. The van der Waals surface area contributed by atoms with Gasteiger partial charge in [0.25, 0.3) is 11.5 Å². The monoisotopic (exact) mass is 455 g/mol. The first-order chi connectivity index (χ1) is 15.4. The lowest BCUT2D eigenvalue weighted by Crippen LogP contribution is -2.32. The summed E-state index contributed by atoms with van der Waals surface area (Å²) in [6.07, 6.45) is 10.00. The number of benzene rings is 1. The quantitative estimate of drug-likeness (QED) is 0.597. The van der Waals surface area contributed by atoms with Crippen LogP contribution in [0.5, 0.6) is 5.75 Å². The molecule has 1 aliphatic carbocycles. The molecule has 1 aromatic carbocycles. The van der Waals surface area contributed by atoms with E-state index in [0.717, 1.165) is 55.3 Å². The fourth-order valence-electron chi connectivity index (χ4n) is 4.54. The summed E-state index contributed by atoms with van der Waals surface area (Å²) in [5.41, 5.74) is 9.54. The number of aromatic amines is 1. The minimum Gasteiger partial charge on any atom is -0.490 e. The predicted octanol–water partition coefficient (Wildman–Crippen LogP) is 3.96. The Morgan fingerprint density at radius 3 is 2.62 bits per heavy atom. The van der Waals surface area contributed by atoms with Crippen molar-refractivity contribution in [3.63, 3.8) is 0 Å². The van der Waals surface area contributed by atoms with Gasteiger partial charge in [-0.2, -0.15) is 0 Å². The first kappa shape index (κ1) is 22.6. The molecule has 2 aromatic rings. The van der Waals surface area contributed by atoms with Crippen molar-refractivity contribution < 1.29 is 9.53 Å². The van der Waals surface area contributed by atoms with Crippen LogP contribution in [0.15, 0.2) is 35.1 Å². The Labute approximate surface area is 193 Å². The SMILES string of the molecule is Cc1cc2c(c(=O)[nH]1)CNC(=O)c1cc(Cl)cc(O[C@H]3CC[C@H](N)CC3)c1C/C=C/CC2. The van der Waals surface area contributed by atoms with Gasteiger partial charge in [-0.3, -0.25) is 9.59 Å². The number of aryl methyl sites for hydroxylation is 2. The largest absolute Gasteiger partial charge is 0.490 e. The summed E-state index contributed by atoms with van der Waals surface area (Å²) in [6.45, 7) is 2.03. The van der Waals surface area contributed by atoms with Crippen molar-refractivity contribution >= 4 is 17.5 Å². The van der Waals surface area contributed by atoms with Crippen molar-refractivity contribution in [1.82, 2.24) is 10.3 Å². The van der Waals surface area contributed by atoms with Crippen molar-refractivity contribution in [3.05, 3.63) is 73.7 Å². The average molecular weight is 456 g/mol. The zero-order chi connectivity index (χ0) is 22.7. The highest BCUT2D eigenvalue weighted by Gasteiger charge is 2.23. The fourth-order valence-corrected chi connectivity index (χ4v) is 4.75. The van der Waals surface area contributed by atoms with Crippen molar-refractivity contribution in [2.24, 2.45) is 5.73 Å². The molecule has 4 rings (SSSR count). The number of nitrogens with one attached hydrogen (secondary N) is 2. The minimum atomic E-state index is -0.266. The zero-order valence-corrected chi connectivity index (χ0v) is 19.1. The van der Waals surface area contributed by atoms with Crippen LogP contribution in [0.3, 0.4) is 0 Å². The number of halogens is 1. The summed E-state index contributed by atoms with van der Waals surface area (Å²) in [5.74, 6) is 0.386. The topological polar surface area (TPSA) is 97.2 Å². The van der Waals surface area contributed by atoms with Crippen LogP contribution in [0.2, 0.25) is 5.02 Å². The van der Waals surface area contributed by atoms with Gasteiger partial charge >= 0.3 is 0 Å². The van der Waals surface area contributed by atoms with E-state index in [1.54, 1.807) is 12.1 Å². The zero-order valence-electron chi connectivity index (χ0n) is 18.4. The molecule has 1 aliphatic heterocycles. The van der Waals surface area contributed by atoms with Gasteiger partial charge in [0, 0.05) is 40.0 Å². The molecular weight excluding hydrogens is 426 g/mol. The van der Waals surface area contributed by atoms with Gasteiger partial charge < -0.3 is 20.8 Å². The van der Waals surface area contributed by atoms with E-state index >= 15 is 0 Å². The van der Waals surface area contributed by atoms with Gasteiger partial charge in [-0.25, -0.2) is 0 Å². The van der Waals surface area contributed by atoms with Crippen LogP contribution in [0.4, 0.5) is 0 Å². The molecule has 4 N–H and O–H groups in total. The van der Waals surface area contributed by atoms with Crippen LogP contribution in [-0.2, 0) is 19.4 Å². The Bertz CT molecular complexity index is 1080. The number of carbonyl (C=O) groups excluding carboxylic acids is 1. The lowest BCUT2D eigenvalue weighted by Gasteiger charge is -2.28. The maximum atomic E-state index is 13.2. The van der Waals surface area contributed by atoms with Gasteiger partial charge in [-0.1, -0.05) is 23.8 Å². The number of carbonyl (C=O) groups is 1. The van der Waals surface area contributed by atoms with Crippen LogP contribution >= 0.6 is 11.6 Å². The summed E-state index contributed by atoms with van der Waals surface area (Å²) in [6, 6.07) is 5.69. The third kappa shape index (κ3) is 5.25. The molecule has 6 nitrogen and oxygen atoms in total. The van der Waals surface area contributed by atoms with Gasteiger partial charge in [0.2, 0.25) is 0 Å². The molecule has 1 aromatic heterocycles. The number of amides is 1. The number of allylic oxidation sites excluding steroid dienone is 2. The highest BCUT2D eigenvalue weighted by molar-refractivity contribution is 6.31. The highest BCUT2D eigenvalue weighted by Crippen LogP contribution is 2.32. The molecule has 2 heterocycles. The van der Waals surface area contributed by atoms with E-state index in [4.69, 9.17) is 22.1 Å². The lowest BCUT2D eigenvalue weighted by molar-refractivity contribution is 0.0948. The molecule has 0 atom stereocenters. The number of aromatic nitrogens is 1. The molecule has 0 saturated heterocycles. The maximum absolute atomic E-state index is 13.2. The van der Waals surface area contributed by atoms with Crippen molar-refractivity contribution in [1.29, 1.82) is 0 Å². The van der Waals surface area contributed by atoms with E-state index in [2.05, 4.69) is 22.5 Å². The lowest BCUT2D eigenvalue weighted by atomic mass is 9.93. The van der Waals surface area contributed by atoms with E-state index in [9.17, 15) is 9.59 Å². The number of rotatable bonds is 2. The van der Waals surface area contributed by atoms with Crippen LogP contribution in [-0.4, -0.2) is 23.0 Å². The van der Waals surface area contributed by atoms with E-state index in [-0.39, 0.29) is 30.2 Å². The second-order valence-electron chi connectivity index (χ2n) is 8.77. The first-order valence-corrected chi connectivity index (χ1v) is 11.7. The normalized spacial score (nSPS) is 22.5. The molecule has 32 heavy (non-hydrogen) atoms. The van der Waals surface area contributed by atoms with E-state index < -0.39 is 0 Å². The number of nitrogens with two attached hydrogens (primary N) is 1. The second-order valence-corrected chi connectivity index (χ2v) is 9.20. The van der Waals surface area contributed by atoms with Crippen LogP contribution < -0.4 is 21.3 Å². The van der Waals surface area contributed by atoms with Crippen LogP contribution in [0.1, 0.15) is 64.8 Å². The number of hydrogen-bond donors (Lipinski definition) is 3. The fraction of sp³-hybridized carbons (Fsp3) is 0.440. The molecule has 0 bridgehead atoms. The summed E-state index contributed by atoms with van der Waals surface area (Å²) in [7, 11) is 0. The first-order valence-electron chi connectivity index (χ1n) is 11.3. The van der Waals surface area contributed by atoms with Gasteiger partial charge in [0.15, 0.2) is 0 Å². The van der Waals surface area contributed by atoms with Crippen molar-refractivity contribution in [2.45, 2.75) is 70.6 Å². The summed E-state index contributed by atoms with van der Waals surface area (Å²) in [4.78, 5) is 28.5. The van der Waals surface area contributed by atoms with Crippen molar-refractivity contribution in [2.75, 3.05) is 0 Å². The number of H-pyrrole nitrogens is 1. The smallest absolute Gasteiger partial charge is 0.253 e. The van der Waals surface area contributed by atoms with Gasteiger partial charge in [-0.15, -0.1) is 0 Å². The Morgan fingerprint density at radius 1 is 1.06 bits per heavy atom. The molecule has 0 unspecified atom stereocenters. The number of fused-ring (bicyclic) bond motifs is 2. The molecule has 1 fully saturated rings. The number of ether oxygens (including phenoxy) is 1. The molecule has 7 heteroatoms. The summed E-state index contributed by atoms with van der Waals surface area (Å²) >= 11 is 6.38. The average Bonchev–Trinajstić information content (AvgIpc) is 2.74. The molecule has 2 aliphatic rings. The number of pyridine rings is 1. The van der Waals surface area contributed by atoms with Crippen LogP contribution in [0, 0.1) is 6.92 Å². The number of hydrogen-bond acceptors (Lipinski definition) is 4. The molecule has 0 radical (unpaired) electrons. The van der Waals surface area contributed by atoms with Gasteiger partial charge in [0.05, 0.1) is 6.10 Å². The van der Waals surface area contributed by atoms with E-state index in [1.165, 1.54) is 0 Å². The van der Waals surface area contributed by atoms with Gasteiger partial charge in [-0.05, 0) is 75.6 Å². The second kappa shape index (κ2) is 9.92.